The van der Waals surface area contributed by atoms with Crippen LogP contribution in [0.4, 0.5) is 0 Å². The maximum Gasteiger partial charge on any atom is 0.526 e. The van der Waals surface area contributed by atoms with Crippen LogP contribution in [-0.2, 0) is 58.0 Å². The molecule has 24 nitrogen and oxygen atoms in total. The smallest absolute Gasteiger partial charge is 0.526 e. The standard InChI is InChI=1S/2C19H23BN6O6/c27-14(7-12-6-11-2-1-3-15(19(29)30)18(11)32-20(12)31)8-16-23-24-25-26(16)10-17(28)22-13-4-5-21-9-13;27-14(7-12-6-11-2-1-3-15(19(29)30)18(11)32-20(12)31)8-16-23-25-26(24-16)10-17(28)22-13-4-5-21-9-13/h2*1-3,12-13,21,31H,4-10H2,(H,22,28)(H,29,30)/t2*12-,13+/m11/s1. The van der Waals surface area contributed by atoms with Gasteiger partial charge in [-0.2, -0.15) is 4.80 Å². The number of benzene rings is 2. The van der Waals surface area contributed by atoms with Gasteiger partial charge in [-0.25, -0.2) is 14.3 Å². The van der Waals surface area contributed by atoms with Crippen LogP contribution in [0.15, 0.2) is 36.4 Å². The molecule has 2 aromatic carbocycles. The van der Waals surface area contributed by atoms with Crippen molar-refractivity contribution in [2.24, 2.45) is 0 Å². The molecular weight excluding hydrogens is 838 g/mol. The van der Waals surface area contributed by atoms with E-state index in [2.05, 4.69) is 52.2 Å². The van der Waals surface area contributed by atoms with Gasteiger partial charge in [0.15, 0.2) is 11.6 Å². The molecule has 0 unspecified atom stereocenters. The second-order valence-corrected chi connectivity index (χ2v) is 16.0. The minimum absolute atomic E-state index is 0.00160. The Bertz CT molecular complexity index is 2370. The van der Waals surface area contributed by atoms with Crippen LogP contribution in [0, 0.1) is 0 Å². The molecule has 4 aliphatic heterocycles. The van der Waals surface area contributed by atoms with Gasteiger partial charge in [-0.3, -0.25) is 19.2 Å². The molecule has 8 N–H and O–H groups in total. The summed E-state index contributed by atoms with van der Waals surface area (Å²) in [5.41, 5.74) is 1.19. The summed E-state index contributed by atoms with van der Waals surface area (Å²) >= 11 is 0. The molecule has 0 aliphatic carbocycles. The number of aromatic nitrogens is 8. The van der Waals surface area contributed by atoms with E-state index < -0.39 is 37.8 Å². The number of tetrazole rings is 2. The van der Waals surface area contributed by atoms with Gasteiger partial charge in [0.1, 0.15) is 36.2 Å². The van der Waals surface area contributed by atoms with Crippen molar-refractivity contribution in [3.05, 3.63) is 70.3 Å². The lowest BCUT2D eigenvalue weighted by Gasteiger charge is -2.27. The highest BCUT2D eigenvalue weighted by Gasteiger charge is 2.39. The zero-order valence-electron chi connectivity index (χ0n) is 34.5. The summed E-state index contributed by atoms with van der Waals surface area (Å²) in [6.07, 6.45) is 2.12. The number of ketones is 2. The Labute approximate surface area is 365 Å². The molecule has 2 amide bonds. The molecule has 26 heteroatoms. The number of carboxylic acid groups (broad SMARTS) is 2. The molecule has 0 radical (unpaired) electrons. The van der Waals surface area contributed by atoms with Gasteiger partial charge >= 0.3 is 26.2 Å². The Kier molecular flexibility index (Phi) is 14.7. The lowest BCUT2D eigenvalue weighted by atomic mass is 9.64. The highest BCUT2D eigenvalue weighted by Crippen LogP contribution is 2.37. The number of para-hydroxylation sites is 2. The summed E-state index contributed by atoms with van der Waals surface area (Å²) in [7, 11) is -2.61. The van der Waals surface area contributed by atoms with E-state index in [4.69, 9.17) is 9.31 Å². The number of nitrogens with zero attached hydrogens (tertiary/aromatic N) is 8. The lowest BCUT2D eigenvalue weighted by molar-refractivity contribution is -0.123. The molecule has 4 atom stereocenters. The van der Waals surface area contributed by atoms with Crippen molar-refractivity contribution in [1.82, 2.24) is 61.7 Å². The van der Waals surface area contributed by atoms with Gasteiger partial charge in [0.2, 0.25) is 11.8 Å². The highest BCUT2D eigenvalue weighted by atomic mass is 16.5. The fraction of sp³-hybridized carbons (Fsp3) is 0.474. The number of carboxylic acids is 2. The lowest BCUT2D eigenvalue weighted by Crippen LogP contribution is -2.38. The summed E-state index contributed by atoms with van der Waals surface area (Å²) in [5, 5.41) is 74.2. The normalized spacial score (nSPS) is 19.8. The summed E-state index contributed by atoms with van der Waals surface area (Å²) in [6.45, 7) is 2.99. The van der Waals surface area contributed by atoms with Crippen molar-refractivity contribution in [2.45, 2.75) is 88.2 Å². The van der Waals surface area contributed by atoms with Gasteiger partial charge in [-0.1, -0.05) is 24.3 Å². The number of carbonyl (C=O) groups is 6. The summed E-state index contributed by atoms with van der Waals surface area (Å²) in [6, 6.07) is 9.59. The Morgan fingerprint density at radius 3 is 1.77 bits per heavy atom. The molecule has 2 aromatic heterocycles. The summed E-state index contributed by atoms with van der Waals surface area (Å²) in [4.78, 5) is 73.3. The van der Waals surface area contributed by atoms with Crippen LogP contribution < -0.4 is 30.6 Å². The van der Waals surface area contributed by atoms with E-state index in [9.17, 15) is 49.0 Å². The van der Waals surface area contributed by atoms with Gasteiger partial charge in [-0.05, 0) is 77.7 Å². The van der Waals surface area contributed by atoms with Crippen LogP contribution in [0.2, 0.25) is 11.6 Å². The van der Waals surface area contributed by atoms with Crippen LogP contribution in [0.1, 0.15) is 69.2 Å². The molecule has 8 rings (SSSR count). The van der Waals surface area contributed by atoms with E-state index >= 15 is 0 Å². The molecule has 0 spiro atoms. The van der Waals surface area contributed by atoms with Crippen LogP contribution in [0.25, 0.3) is 0 Å². The zero-order chi connectivity index (χ0) is 45.3. The van der Waals surface area contributed by atoms with Crippen LogP contribution in [0.5, 0.6) is 11.5 Å². The number of amides is 2. The van der Waals surface area contributed by atoms with Gasteiger partial charge in [0.05, 0.1) is 24.0 Å². The van der Waals surface area contributed by atoms with E-state index in [0.29, 0.717) is 24.0 Å². The van der Waals surface area contributed by atoms with Crippen molar-refractivity contribution in [1.29, 1.82) is 0 Å². The maximum atomic E-state index is 12.6. The number of Topliss-reactive ketones (excluding diaryl/α,β-unsaturated/α-hetero) is 2. The Morgan fingerprint density at radius 2 is 1.25 bits per heavy atom. The average Bonchev–Trinajstić information content (AvgIpc) is 4.10. The third-order valence-corrected chi connectivity index (χ3v) is 11.1. The first-order valence-corrected chi connectivity index (χ1v) is 20.7. The van der Waals surface area contributed by atoms with E-state index in [-0.39, 0.29) is 109 Å². The molecule has 0 bridgehead atoms. The molecule has 64 heavy (non-hydrogen) atoms. The van der Waals surface area contributed by atoms with Crippen molar-refractivity contribution >= 4 is 49.6 Å². The molecule has 2 fully saturated rings. The van der Waals surface area contributed by atoms with Crippen molar-refractivity contribution < 1.29 is 58.3 Å². The van der Waals surface area contributed by atoms with Crippen molar-refractivity contribution in [3.8, 4) is 11.5 Å². The average molecular weight is 884 g/mol. The van der Waals surface area contributed by atoms with Gasteiger partial charge in [0, 0.05) is 49.6 Å². The van der Waals surface area contributed by atoms with Gasteiger partial charge in [-0.15, -0.1) is 15.3 Å². The topological polar surface area (TPSA) is 337 Å². The molecule has 4 aliphatic rings. The highest BCUT2D eigenvalue weighted by molar-refractivity contribution is 6.47. The molecule has 2 saturated heterocycles. The predicted octanol–water partition coefficient (Wildman–Crippen LogP) is -2.33. The fourth-order valence-corrected chi connectivity index (χ4v) is 7.99. The maximum absolute atomic E-state index is 12.6. The number of hydrogen-bond donors (Lipinski definition) is 8. The first kappa shape index (κ1) is 45.4. The number of carbonyl (C=O) groups excluding carboxylic acids is 4. The SMILES string of the molecule is O=C(Cc1nnn(CC(=O)N[C@H]2CCNC2)n1)C[C@H]1Cc2cccc(C(=O)O)c2OB1O.O=C(Cc1nnnn1CC(=O)N[C@H]1CCNC1)C[C@H]1Cc2cccc(C(=O)O)c2OB1O. The summed E-state index contributed by atoms with van der Waals surface area (Å²) in [5.74, 6) is -3.58. The first-order valence-electron chi connectivity index (χ1n) is 20.7. The molecule has 0 saturated carbocycles. The molecule has 4 aromatic rings. The first-order chi connectivity index (χ1) is 30.8. The number of nitrogens with one attached hydrogen (secondary N) is 4. The number of aromatic carboxylic acids is 2. The van der Waals surface area contributed by atoms with E-state index in [1.54, 1.807) is 24.3 Å². The molecule has 336 valence electrons. The monoisotopic (exact) mass is 884 g/mol. The fourth-order valence-electron chi connectivity index (χ4n) is 7.99. The van der Waals surface area contributed by atoms with Gasteiger partial charge in [0.25, 0.3) is 0 Å². The Hall–Kier alpha value is -6.63. The number of hydrogen-bond acceptors (Lipinski definition) is 18. The number of rotatable bonds is 16. The minimum atomic E-state index is -1.31. The quantitative estimate of drug-likeness (QED) is 0.0547. The largest absolute Gasteiger partial charge is 0.535 e. The number of fused-ring (bicyclic) bond motifs is 2. The Balaban J connectivity index is 0.000000191. The van der Waals surface area contributed by atoms with Crippen molar-refractivity contribution in [3.63, 3.8) is 0 Å². The van der Waals surface area contributed by atoms with Gasteiger partial charge < -0.3 is 50.8 Å². The minimum Gasteiger partial charge on any atom is -0.535 e. The van der Waals surface area contributed by atoms with E-state index in [1.807, 2.05) is 0 Å². The van der Waals surface area contributed by atoms with Crippen LogP contribution >= 0.6 is 0 Å². The van der Waals surface area contributed by atoms with Crippen LogP contribution in [-0.4, -0.2) is 148 Å². The zero-order valence-corrected chi connectivity index (χ0v) is 34.5. The summed E-state index contributed by atoms with van der Waals surface area (Å²) < 4.78 is 12.1. The second-order valence-electron chi connectivity index (χ2n) is 16.0. The second kappa shape index (κ2) is 20.7. The molecule has 6 heterocycles. The third-order valence-electron chi connectivity index (χ3n) is 11.1. The predicted molar refractivity (Wildman–Crippen MR) is 220 cm³/mol. The van der Waals surface area contributed by atoms with E-state index in [1.165, 1.54) is 16.8 Å². The Morgan fingerprint density at radius 1 is 0.719 bits per heavy atom. The van der Waals surface area contributed by atoms with Crippen molar-refractivity contribution in [2.75, 3.05) is 26.2 Å². The van der Waals surface area contributed by atoms with Crippen LogP contribution in [0.3, 0.4) is 0 Å². The third kappa shape index (κ3) is 11.7. The molecular formula is C38H46B2N12O12. The van der Waals surface area contributed by atoms with E-state index in [0.717, 1.165) is 43.8 Å².